The van der Waals surface area contributed by atoms with Crippen LogP contribution in [0.2, 0.25) is 0 Å². The average molecular weight is 158 g/mol. The van der Waals surface area contributed by atoms with Gasteiger partial charge >= 0.3 is 6.03 Å². The van der Waals surface area contributed by atoms with Gasteiger partial charge in [-0.25, -0.2) is 4.79 Å². The zero-order chi connectivity index (χ0) is 8.69. The Balaban J connectivity index is 0.000000461. The van der Waals surface area contributed by atoms with Crippen molar-refractivity contribution in [2.45, 2.75) is 27.2 Å². The summed E-state index contributed by atoms with van der Waals surface area (Å²) in [4.78, 5) is 12.6. The molecular weight excluding hydrogens is 140 g/mol. The van der Waals surface area contributed by atoms with Crippen LogP contribution in [0.1, 0.15) is 27.2 Å². The van der Waals surface area contributed by atoms with Gasteiger partial charge in [-0.1, -0.05) is 13.8 Å². The number of nitrogens with one attached hydrogen (secondary N) is 1. The van der Waals surface area contributed by atoms with Crippen molar-refractivity contribution in [3.05, 3.63) is 0 Å². The largest absolute Gasteiger partial charge is 0.338 e. The molecule has 1 saturated heterocycles. The van der Waals surface area contributed by atoms with Gasteiger partial charge in [0.2, 0.25) is 0 Å². The summed E-state index contributed by atoms with van der Waals surface area (Å²) in [7, 11) is 0. The normalized spacial score (nSPS) is 16.6. The van der Waals surface area contributed by atoms with Gasteiger partial charge in [0.15, 0.2) is 0 Å². The van der Waals surface area contributed by atoms with Crippen molar-refractivity contribution in [2.75, 3.05) is 19.6 Å². The highest BCUT2D eigenvalue weighted by atomic mass is 16.2. The van der Waals surface area contributed by atoms with Crippen molar-refractivity contribution in [1.29, 1.82) is 0 Å². The summed E-state index contributed by atoms with van der Waals surface area (Å²) < 4.78 is 0. The van der Waals surface area contributed by atoms with Crippen LogP contribution in [0.25, 0.3) is 0 Å². The molecule has 1 rings (SSSR count). The quantitative estimate of drug-likeness (QED) is 0.615. The first kappa shape index (κ1) is 10.3. The molecule has 3 nitrogen and oxygen atoms in total. The molecule has 3 heteroatoms. The number of amides is 2. The van der Waals surface area contributed by atoms with Crippen molar-refractivity contribution in [2.24, 2.45) is 0 Å². The molecule has 0 atom stereocenters. The Hall–Kier alpha value is -0.730. The fraction of sp³-hybridized carbons (Fsp3) is 0.875. The van der Waals surface area contributed by atoms with E-state index in [1.54, 1.807) is 0 Å². The van der Waals surface area contributed by atoms with E-state index >= 15 is 0 Å². The SMILES string of the molecule is CC.CCN1CCCNC1=O. The maximum Gasteiger partial charge on any atom is 0.317 e. The van der Waals surface area contributed by atoms with Crippen LogP contribution in [-0.2, 0) is 0 Å². The number of urea groups is 1. The van der Waals surface area contributed by atoms with Crippen LogP contribution in [0.15, 0.2) is 0 Å². The molecule has 0 bridgehead atoms. The van der Waals surface area contributed by atoms with E-state index in [0.29, 0.717) is 0 Å². The molecule has 0 saturated carbocycles. The van der Waals surface area contributed by atoms with E-state index < -0.39 is 0 Å². The number of carbonyl (C=O) groups excluding carboxylic acids is 1. The Labute approximate surface area is 68.8 Å². The Bertz CT molecular complexity index is 115. The molecular formula is C8H18N2O. The molecule has 0 spiro atoms. The fourth-order valence-electron chi connectivity index (χ4n) is 0.980. The molecule has 11 heavy (non-hydrogen) atoms. The van der Waals surface area contributed by atoms with E-state index in [-0.39, 0.29) is 6.03 Å². The van der Waals surface area contributed by atoms with Crippen LogP contribution in [0.3, 0.4) is 0 Å². The van der Waals surface area contributed by atoms with Crippen molar-refractivity contribution >= 4 is 6.03 Å². The highest BCUT2D eigenvalue weighted by molar-refractivity contribution is 5.74. The summed E-state index contributed by atoms with van der Waals surface area (Å²) in [5, 5.41) is 2.77. The van der Waals surface area contributed by atoms with Crippen LogP contribution in [0.5, 0.6) is 0 Å². The molecule has 1 N–H and O–H groups in total. The number of hydrogen-bond donors (Lipinski definition) is 1. The monoisotopic (exact) mass is 158 g/mol. The zero-order valence-electron chi connectivity index (χ0n) is 7.68. The standard InChI is InChI=1S/C6H12N2O.C2H6/c1-2-8-5-3-4-7-6(8)9;1-2/h2-5H2,1H3,(H,7,9);1-2H3. The highest BCUT2D eigenvalue weighted by Crippen LogP contribution is 1.96. The lowest BCUT2D eigenvalue weighted by molar-refractivity contribution is 0.189. The molecule has 1 aliphatic heterocycles. The first-order valence-corrected chi connectivity index (χ1v) is 4.37. The predicted molar refractivity (Wildman–Crippen MR) is 46.6 cm³/mol. The van der Waals surface area contributed by atoms with Gasteiger partial charge in [-0.05, 0) is 13.3 Å². The van der Waals surface area contributed by atoms with E-state index in [1.807, 2.05) is 25.7 Å². The molecule has 1 fully saturated rings. The number of rotatable bonds is 1. The van der Waals surface area contributed by atoms with Crippen LogP contribution >= 0.6 is 0 Å². The van der Waals surface area contributed by atoms with Crippen molar-refractivity contribution in [1.82, 2.24) is 10.2 Å². The summed E-state index contributed by atoms with van der Waals surface area (Å²) in [6, 6.07) is 0.0868. The van der Waals surface area contributed by atoms with Crippen LogP contribution < -0.4 is 5.32 Å². The number of carbonyl (C=O) groups is 1. The van der Waals surface area contributed by atoms with E-state index in [0.717, 1.165) is 26.1 Å². The molecule has 0 aromatic carbocycles. The smallest absolute Gasteiger partial charge is 0.317 e. The highest BCUT2D eigenvalue weighted by Gasteiger charge is 2.13. The third kappa shape index (κ3) is 3.25. The average Bonchev–Trinajstić information content (AvgIpc) is 2.09. The molecule has 66 valence electrons. The molecule has 1 aliphatic rings. The summed E-state index contributed by atoms with van der Waals surface area (Å²) in [6.45, 7) is 8.58. The van der Waals surface area contributed by atoms with E-state index in [1.165, 1.54) is 0 Å². The summed E-state index contributed by atoms with van der Waals surface area (Å²) in [5.74, 6) is 0. The third-order valence-electron chi connectivity index (χ3n) is 1.55. The second kappa shape index (κ2) is 6.01. The minimum Gasteiger partial charge on any atom is -0.338 e. The summed E-state index contributed by atoms with van der Waals surface area (Å²) >= 11 is 0. The van der Waals surface area contributed by atoms with Gasteiger partial charge in [-0.3, -0.25) is 0 Å². The van der Waals surface area contributed by atoms with Gasteiger partial charge in [0.1, 0.15) is 0 Å². The predicted octanol–water partition coefficient (Wildman–Crippen LogP) is 1.45. The second-order valence-corrected chi connectivity index (χ2v) is 2.17. The van der Waals surface area contributed by atoms with E-state index in [9.17, 15) is 4.79 Å². The lowest BCUT2D eigenvalue weighted by Crippen LogP contribution is -2.46. The second-order valence-electron chi connectivity index (χ2n) is 2.17. The van der Waals surface area contributed by atoms with E-state index in [2.05, 4.69) is 5.32 Å². The Kier molecular flexibility index (Phi) is 5.61. The van der Waals surface area contributed by atoms with Gasteiger partial charge in [0.05, 0.1) is 0 Å². The van der Waals surface area contributed by atoms with Gasteiger partial charge in [0, 0.05) is 19.6 Å². The molecule has 1 heterocycles. The van der Waals surface area contributed by atoms with Crippen molar-refractivity contribution in [3.8, 4) is 0 Å². The molecule has 0 aromatic rings. The maximum absolute atomic E-state index is 10.8. The van der Waals surface area contributed by atoms with Crippen LogP contribution in [0, 0.1) is 0 Å². The first-order chi connectivity index (χ1) is 5.34. The van der Waals surface area contributed by atoms with E-state index in [4.69, 9.17) is 0 Å². The summed E-state index contributed by atoms with van der Waals surface area (Å²) in [6.07, 6.45) is 1.08. The van der Waals surface area contributed by atoms with Gasteiger partial charge in [-0.2, -0.15) is 0 Å². The van der Waals surface area contributed by atoms with Gasteiger partial charge in [-0.15, -0.1) is 0 Å². The van der Waals surface area contributed by atoms with Crippen molar-refractivity contribution in [3.63, 3.8) is 0 Å². The lowest BCUT2D eigenvalue weighted by Gasteiger charge is -2.25. The molecule has 0 aromatic heterocycles. The van der Waals surface area contributed by atoms with Gasteiger partial charge < -0.3 is 10.2 Å². The summed E-state index contributed by atoms with van der Waals surface area (Å²) in [5.41, 5.74) is 0. The minimum atomic E-state index is 0.0868. The Morgan fingerprint density at radius 2 is 2.18 bits per heavy atom. The number of hydrogen-bond acceptors (Lipinski definition) is 1. The maximum atomic E-state index is 10.8. The Morgan fingerprint density at radius 1 is 1.55 bits per heavy atom. The molecule has 2 amide bonds. The fourth-order valence-corrected chi connectivity index (χ4v) is 0.980. The first-order valence-electron chi connectivity index (χ1n) is 4.37. The minimum absolute atomic E-state index is 0.0868. The van der Waals surface area contributed by atoms with Crippen LogP contribution in [0.4, 0.5) is 4.79 Å². The van der Waals surface area contributed by atoms with Gasteiger partial charge in [0.25, 0.3) is 0 Å². The lowest BCUT2D eigenvalue weighted by atomic mass is 10.3. The molecule has 0 unspecified atom stereocenters. The molecule has 0 radical (unpaired) electrons. The topological polar surface area (TPSA) is 32.3 Å². The molecule has 0 aliphatic carbocycles. The number of nitrogens with zero attached hydrogens (tertiary/aromatic N) is 1. The van der Waals surface area contributed by atoms with Crippen molar-refractivity contribution < 1.29 is 4.79 Å². The zero-order valence-corrected chi connectivity index (χ0v) is 7.68. The third-order valence-corrected chi connectivity index (χ3v) is 1.55. The van der Waals surface area contributed by atoms with Crippen LogP contribution in [-0.4, -0.2) is 30.6 Å². The Morgan fingerprint density at radius 3 is 2.55 bits per heavy atom.